The Hall–Kier alpha value is -0.120. The van der Waals surface area contributed by atoms with Crippen LogP contribution in [0, 0.1) is 11.8 Å². The van der Waals surface area contributed by atoms with Crippen LogP contribution in [0.4, 0.5) is 0 Å². The van der Waals surface area contributed by atoms with Crippen LogP contribution < -0.4 is 11.3 Å². The molecule has 0 aromatic rings. The Labute approximate surface area is 118 Å². The largest absolute Gasteiger partial charge is 0.374 e. The lowest BCUT2D eigenvalue weighted by molar-refractivity contribution is -0.100. The summed E-state index contributed by atoms with van der Waals surface area (Å²) in [6.45, 7) is 5.28. The highest BCUT2D eigenvalue weighted by Gasteiger charge is 2.42. The Morgan fingerprint density at radius 2 is 1.84 bits per heavy atom. The van der Waals surface area contributed by atoms with E-state index in [1.165, 1.54) is 57.8 Å². The molecule has 3 nitrogen and oxygen atoms in total. The summed E-state index contributed by atoms with van der Waals surface area (Å²) >= 11 is 0. The summed E-state index contributed by atoms with van der Waals surface area (Å²) in [6.07, 6.45) is 11.7. The van der Waals surface area contributed by atoms with Crippen LogP contribution in [0.25, 0.3) is 0 Å². The van der Waals surface area contributed by atoms with E-state index in [1.807, 2.05) is 0 Å². The molecule has 0 bridgehead atoms. The summed E-state index contributed by atoms with van der Waals surface area (Å²) < 4.78 is 6.24. The quantitative estimate of drug-likeness (QED) is 0.573. The lowest BCUT2D eigenvalue weighted by Gasteiger charge is -2.45. The van der Waals surface area contributed by atoms with Crippen molar-refractivity contribution in [3.8, 4) is 0 Å². The summed E-state index contributed by atoms with van der Waals surface area (Å²) in [5.74, 6) is 7.61. The van der Waals surface area contributed by atoms with Gasteiger partial charge in [-0.1, -0.05) is 32.6 Å². The van der Waals surface area contributed by atoms with Crippen LogP contribution in [0.3, 0.4) is 0 Å². The molecular formula is C16H32N2O. The van der Waals surface area contributed by atoms with Gasteiger partial charge in [-0.25, -0.2) is 0 Å². The Morgan fingerprint density at radius 3 is 2.37 bits per heavy atom. The van der Waals surface area contributed by atoms with Crippen molar-refractivity contribution in [2.75, 3.05) is 6.61 Å². The van der Waals surface area contributed by atoms with Crippen LogP contribution in [0.2, 0.25) is 0 Å². The highest BCUT2D eigenvalue weighted by molar-refractivity contribution is 4.97. The Morgan fingerprint density at radius 1 is 1.21 bits per heavy atom. The lowest BCUT2D eigenvalue weighted by Crippen LogP contribution is -2.57. The molecule has 0 aliphatic heterocycles. The van der Waals surface area contributed by atoms with Crippen LogP contribution in [0.5, 0.6) is 0 Å². The molecule has 2 aliphatic carbocycles. The molecule has 112 valence electrons. The van der Waals surface area contributed by atoms with Gasteiger partial charge in [0.15, 0.2) is 0 Å². The van der Waals surface area contributed by atoms with Gasteiger partial charge in [0.2, 0.25) is 0 Å². The van der Waals surface area contributed by atoms with Gasteiger partial charge in [-0.05, 0) is 50.9 Å². The van der Waals surface area contributed by atoms with Crippen molar-refractivity contribution >= 4 is 0 Å². The second-order valence-electron chi connectivity index (χ2n) is 6.79. The van der Waals surface area contributed by atoms with Gasteiger partial charge in [-0.15, -0.1) is 0 Å². The minimum Gasteiger partial charge on any atom is -0.374 e. The fraction of sp³-hybridized carbons (Fsp3) is 1.00. The van der Waals surface area contributed by atoms with Crippen molar-refractivity contribution in [3.05, 3.63) is 0 Å². The van der Waals surface area contributed by atoms with E-state index in [0.29, 0.717) is 6.04 Å². The second kappa shape index (κ2) is 7.05. The Bertz CT molecular complexity index is 255. The molecule has 2 saturated carbocycles. The third-order valence-electron chi connectivity index (χ3n) is 5.43. The zero-order valence-corrected chi connectivity index (χ0v) is 12.8. The fourth-order valence-corrected chi connectivity index (χ4v) is 4.15. The molecule has 19 heavy (non-hydrogen) atoms. The molecule has 0 radical (unpaired) electrons. The fourth-order valence-electron chi connectivity index (χ4n) is 4.15. The number of ether oxygens (including phenoxy) is 1. The third-order valence-corrected chi connectivity index (χ3v) is 5.43. The molecule has 2 aliphatic rings. The summed E-state index contributed by atoms with van der Waals surface area (Å²) in [7, 11) is 0. The van der Waals surface area contributed by atoms with E-state index in [2.05, 4.69) is 19.3 Å². The molecule has 2 rings (SSSR count). The first-order valence-electron chi connectivity index (χ1n) is 8.30. The van der Waals surface area contributed by atoms with Gasteiger partial charge in [0.1, 0.15) is 0 Å². The predicted molar refractivity (Wildman–Crippen MR) is 79.7 cm³/mol. The molecule has 2 fully saturated rings. The highest BCUT2D eigenvalue weighted by Crippen LogP contribution is 2.40. The first-order chi connectivity index (χ1) is 9.20. The monoisotopic (exact) mass is 268 g/mol. The summed E-state index contributed by atoms with van der Waals surface area (Å²) in [5.41, 5.74) is 3.11. The maximum Gasteiger partial charge on any atom is 0.0848 e. The molecule has 0 heterocycles. The molecule has 0 saturated heterocycles. The van der Waals surface area contributed by atoms with E-state index in [0.717, 1.165) is 18.4 Å². The molecule has 3 heteroatoms. The molecule has 1 unspecified atom stereocenters. The van der Waals surface area contributed by atoms with Gasteiger partial charge in [-0.3, -0.25) is 11.3 Å². The molecule has 3 N–H and O–H groups in total. The van der Waals surface area contributed by atoms with Gasteiger partial charge in [0, 0.05) is 6.61 Å². The SMILES string of the molecule is CCOC1(C(CC2CCCC2)NN)CCC(C)CC1. The standard InChI is InChI=1S/C16H32N2O/c1-3-19-16(10-8-13(2)9-11-16)15(18-17)12-14-6-4-5-7-14/h13-15,18H,3-12,17H2,1-2H3. The number of nitrogens with two attached hydrogens (primary N) is 1. The minimum atomic E-state index is -0.00139. The lowest BCUT2D eigenvalue weighted by atomic mass is 9.73. The van der Waals surface area contributed by atoms with Crippen LogP contribution in [0.1, 0.15) is 71.6 Å². The van der Waals surface area contributed by atoms with E-state index in [-0.39, 0.29) is 5.60 Å². The zero-order valence-electron chi connectivity index (χ0n) is 12.8. The van der Waals surface area contributed by atoms with Gasteiger partial charge in [0.05, 0.1) is 11.6 Å². The normalized spacial score (nSPS) is 34.6. The molecule has 0 aromatic heterocycles. The van der Waals surface area contributed by atoms with Crippen LogP contribution in [-0.4, -0.2) is 18.2 Å². The van der Waals surface area contributed by atoms with Crippen molar-refractivity contribution in [1.82, 2.24) is 5.43 Å². The molecule has 0 spiro atoms. The first-order valence-corrected chi connectivity index (χ1v) is 8.30. The summed E-state index contributed by atoms with van der Waals surface area (Å²) in [6, 6.07) is 0.336. The molecular weight excluding hydrogens is 236 g/mol. The van der Waals surface area contributed by atoms with Crippen molar-refractivity contribution in [3.63, 3.8) is 0 Å². The van der Waals surface area contributed by atoms with Crippen molar-refractivity contribution in [2.24, 2.45) is 17.7 Å². The smallest absolute Gasteiger partial charge is 0.0848 e. The number of rotatable bonds is 6. The predicted octanol–water partition coefficient (Wildman–Crippen LogP) is 3.38. The van der Waals surface area contributed by atoms with E-state index in [4.69, 9.17) is 10.6 Å². The third kappa shape index (κ3) is 3.71. The van der Waals surface area contributed by atoms with Crippen molar-refractivity contribution in [1.29, 1.82) is 0 Å². The molecule has 0 aromatic carbocycles. The van der Waals surface area contributed by atoms with E-state index >= 15 is 0 Å². The average molecular weight is 268 g/mol. The van der Waals surface area contributed by atoms with Gasteiger partial charge < -0.3 is 4.74 Å². The van der Waals surface area contributed by atoms with E-state index in [9.17, 15) is 0 Å². The first kappa shape index (κ1) is 15.3. The number of hydrogen-bond donors (Lipinski definition) is 2. The van der Waals surface area contributed by atoms with Gasteiger partial charge >= 0.3 is 0 Å². The van der Waals surface area contributed by atoms with Crippen LogP contribution in [-0.2, 0) is 4.74 Å². The van der Waals surface area contributed by atoms with Crippen molar-refractivity contribution in [2.45, 2.75) is 83.3 Å². The number of hydrogen-bond acceptors (Lipinski definition) is 3. The topological polar surface area (TPSA) is 47.3 Å². The Kier molecular flexibility index (Phi) is 5.67. The minimum absolute atomic E-state index is 0.00139. The van der Waals surface area contributed by atoms with Gasteiger partial charge in [-0.2, -0.15) is 0 Å². The average Bonchev–Trinajstić information content (AvgIpc) is 2.92. The maximum atomic E-state index is 6.24. The summed E-state index contributed by atoms with van der Waals surface area (Å²) in [5, 5.41) is 0. The summed E-state index contributed by atoms with van der Waals surface area (Å²) in [4.78, 5) is 0. The van der Waals surface area contributed by atoms with E-state index < -0.39 is 0 Å². The number of nitrogens with one attached hydrogen (secondary N) is 1. The molecule has 0 amide bonds. The Balaban J connectivity index is 2.01. The van der Waals surface area contributed by atoms with Crippen LogP contribution in [0.15, 0.2) is 0 Å². The van der Waals surface area contributed by atoms with Crippen LogP contribution >= 0.6 is 0 Å². The number of hydrazine groups is 1. The maximum absolute atomic E-state index is 6.24. The van der Waals surface area contributed by atoms with Crippen molar-refractivity contribution < 1.29 is 4.74 Å². The zero-order chi connectivity index (χ0) is 13.7. The highest BCUT2D eigenvalue weighted by atomic mass is 16.5. The second-order valence-corrected chi connectivity index (χ2v) is 6.79. The van der Waals surface area contributed by atoms with E-state index in [1.54, 1.807) is 0 Å². The van der Waals surface area contributed by atoms with Gasteiger partial charge in [0.25, 0.3) is 0 Å². The molecule has 1 atom stereocenters.